The molecule has 0 spiro atoms. The molecule has 238 valence electrons. The Kier molecular flexibility index (Phi) is 6.37. The summed E-state index contributed by atoms with van der Waals surface area (Å²) in [5.41, 5.74) is 12.2. The number of fused-ring (bicyclic) bond motifs is 7. The molecule has 6 heteroatoms. The third-order valence-electron chi connectivity index (χ3n) is 10.8. The quantitative estimate of drug-likeness (QED) is 0.179. The van der Waals surface area contributed by atoms with Crippen molar-refractivity contribution in [3.05, 3.63) is 162 Å². The molecule has 1 aliphatic carbocycles. The van der Waals surface area contributed by atoms with Crippen molar-refractivity contribution in [1.82, 2.24) is 4.57 Å². The second kappa shape index (κ2) is 11.1. The van der Waals surface area contributed by atoms with Gasteiger partial charge in [0, 0.05) is 22.2 Å². The molecule has 6 aromatic carbocycles. The predicted molar refractivity (Wildman–Crippen MR) is 203 cm³/mol. The van der Waals surface area contributed by atoms with E-state index in [1.165, 1.54) is 21.8 Å². The highest BCUT2D eigenvalue weighted by atomic mass is 16.5. The van der Waals surface area contributed by atoms with Crippen LogP contribution in [0.3, 0.4) is 0 Å². The zero-order valence-electron chi connectivity index (χ0n) is 27.7. The molecule has 0 bridgehead atoms. The van der Waals surface area contributed by atoms with Crippen LogP contribution < -0.4 is 20.4 Å². The monoisotopic (exact) mass is 653 g/mol. The van der Waals surface area contributed by atoms with Crippen molar-refractivity contribution in [2.24, 2.45) is 5.92 Å². The van der Waals surface area contributed by atoms with E-state index in [4.69, 9.17) is 9.47 Å². The van der Waals surface area contributed by atoms with Crippen LogP contribution >= 0.6 is 0 Å². The highest BCUT2D eigenvalue weighted by Gasteiger charge is 2.47. The molecular weight excluding hydrogens is 625 g/mol. The first-order valence-corrected chi connectivity index (χ1v) is 17.2. The molecular formula is C45H28BN3O2. The van der Waals surface area contributed by atoms with Gasteiger partial charge in [-0.05, 0) is 82.3 Å². The van der Waals surface area contributed by atoms with E-state index in [0.29, 0.717) is 11.1 Å². The van der Waals surface area contributed by atoms with Crippen molar-refractivity contribution in [1.29, 1.82) is 10.5 Å². The van der Waals surface area contributed by atoms with Crippen molar-refractivity contribution >= 4 is 45.0 Å². The van der Waals surface area contributed by atoms with Crippen LogP contribution in [-0.2, 0) is 0 Å². The zero-order valence-corrected chi connectivity index (χ0v) is 27.7. The summed E-state index contributed by atoms with van der Waals surface area (Å²) in [6, 6.07) is 47.8. The fraction of sp³-hybridized carbons (Fsp3) is 0.0667. The second-order valence-electron chi connectivity index (χ2n) is 13.5. The maximum absolute atomic E-state index is 9.42. The Hall–Kier alpha value is -6.76. The molecule has 51 heavy (non-hydrogen) atoms. The molecule has 0 N–H and O–H groups in total. The number of hydrogen-bond acceptors (Lipinski definition) is 4. The van der Waals surface area contributed by atoms with Gasteiger partial charge in [-0.25, -0.2) is 0 Å². The molecule has 5 nitrogen and oxygen atoms in total. The lowest BCUT2D eigenvalue weighted by Crippen LogP contribution is -2.57. The van der Waals surface area contributed by atoms with Crippen LogP contribution in [0.5, 0.6) is 17.2 Å². The number of rotatable bonds is 3. The first-order chi connectivity index (χ1) is 25.1. The Bertz CT molecular complexity index is 2690. The van der Waals surface area contributed by atoms with E-state index in [-0.39, 0.29) is 18.7 Å². The molecule has 2 aliphatic heterocycles. The summed E-state index contributed by atoms with van der Waals surface area (Å²) < 4.78 is 16.4. The fourth-order valence-electron chi connectivity index (χ4n) is 8.35. The maximum Gasteiger partial charge on any atom is 0.256 e. The van der Waals surface area contributed by atoms with E-state index in [1.807, 2.05) is 48.5 Å². The molecule has 0 radical (unpaired) electrons. The summed E-state index contributed by atoms with van der Waals surface area (Å²) in [6.45, 7) is 2.16. The van der Waals surface area contributed by atoms with Crippen molar-refractivity contribution in [3.8, 4) is 46.2 Å². The lowest BCUT2D eigenvalue weighted by atomic mass is 9.32. The number of para-hydroxylation sites is 2. The Morgan fingerprint density at radius 2 is 1.27 bits per heavy atom. The Morgan fingerprint density at radius 1 is 0.647 bits per heavy atom. The molecule has 3 aliphatic rings. The number of allylic oxidation sites excluding steroid dienone is 2. The lowest BCUT2D eigenvalue weighted by molar-refractivity contribution is 0.206. The van der Waals surface area contributed by atoms with Crippen molar-refractivity contribution in [2.75, 3.05) is 0 Å². The highest BCUT2D eigenvalue weighted by Crippen LogP contribution is 2.46. The Balaban J connectivity index is 1.19. The number of nitrogens with zero attached hydrogens (tertiary/aromatic N) is 3. The smallest absolute Gasteiger partial charge is 0.256 e. The molecule has 1 aromatic heterocycles. The van der Waals surface area contributed by atoms with Gasteiger partial charge >= 0.3 is 0 Å². The van der Waals surface area contributed by atoms with Crippen LogP contribution in [0.1, 0.15) is 23.6 Å². The van der Waals surface area contributed by atoms with Crippen LogP contribution in [0.2, 0.25) is 0 Å². The minimum Gasteiger partial charge on any atom is -0.484 e. The number of aromatic nitrogens is 1. The minimum absolute atomic E-state index is 0.0324. The van der Waals surface area contributed by atoms with Gasteiger partial charge in [-0.15, -0.1) is 0 Å². The van der Waals surface area contributed by atoms with Gasteiger partial charge < -0.3 is 14.0 Å². The molecule has 0 fully saturated rings. The molecule has 10 rings (SSSR count). The first-order valence-electron chi connectivity index (χ1n) is 17.2. The third kappa shape index (κ3) is 4.34. The minimum atomic E-state index is -0.232. The maximum atomic E-state index is 9.42. The van der Waals surface area contributed by atoms with E-state index in [2.05, 4.69) is 115 Å². The average Bonchev–Trinajstić information content (AvgIpc) is 3.52. The summed E-state index contributed by atoms with van der Waals surface area (Å²) >= 11 is 0. The van der Waals surface area contributed by atoms with Crippen LogP contribution in [0.25, 0.3) is 44.2 Å². The lowest BCUT2D eigenvalue weighted by Gasteiger charge is -2.42. The number of benzene rings is 6. The zero-order chi connectivity index (χ0) is 34.2. The second-order valence-corrected chi connectivity index (χ2v) is 13.5. The molecule has 7 aromatic rings. The van der Waals surface area contributed by atoms with Gasteiger partial charge in [0.15, 0.2) is 0 Å². The summed E-state index contributed by atoms with van der Waals surface area (Å²) in [5, 5.41) is 21.1. The normalized spacial score (nSPS) is 16.8. The molecule has 2 atom stereocenters. The largest absolute Gasteiger partial charge is 0.484 e. The molecule has 0 amide bonds. The fourth-order valence-corrected chi connectivity index (χ4v) is 8.35. The van der Waals surface area contributed by atoms with Gasteiger partial charge in [0.25, 0.3) is 6.71 Å². The van der Waals surface area contributed by atoms with Crippen LogP contribution in [-0.4, -0.2) is 17.4 Å². The van der Waals surface area contributed by atoms with E-state index in [9.17, 15) is 10.5 Å². The van der Waals surface area contributed by atoms with Gasteiger partial charge in [0.05, 0.1) is 40.0 Å². The van der Waals surface area contributed by atoms with E-state index < -0.39 is 0 Å². The summed E-state index contributed by atoms with van der Waals surface area (Å²) in [6.07, 6.45) is 4.24. The average molecular weight is 654 g/mol. The summed E-state index contributed by atoms with van der Waals surface area (Å²) in [4.78, 5) is 0. The van der Waals surface area contributed by atoms with Crippen LogP contribution in [0, 0.1) is 28.6 Å². The van der Waals surface area contributed by atoms with Gasteiger partial charge in [0.2, 0.25) is 0 Å². The van der Waals surface area contributed by atoms with Crippen molar-refractivity contribution in [2.45, 2.75) is 13.0 Å². The molecule has 3 heterocycles. The van der Waals surface area contributed by atoms with Gasteiger partial charge in [-0.2, -0.15) is 10.5 Å². The number of nitriles is 2. The van der Waals surface area contributed by atoms with E-state index in [0.717, 1.165) is 61.6 Å². The van der Waals surface area contributed by atoms with E-state index >= 15 is 0 Å². The van der Waals surface area contributed by atoms with Crippen molar-refractivity contribution in [3.63, 3.8) is 0 Å². The number of ether oxygens (including phenoxy) is 2. The van der Waals surface area contributed by atoms with Gasteiger partial charge in [-0.1, -0.05) is 97.3 Å². The van der Waals surface area contributed by atoms with Gasteiger partial charge in [0.1, 0.15) is 23.4 Å². The standard InChI is InChI=1S/C45H28BN3O2/c1-27-33(31-16-12-29(26-48)13-17-31)19-21-37-44(27)51-45-40(49-38-8-4-2-6-34(38)35-7-3-5-9-39(35)49)22-23-41-43(45)46(37)36-20-18-32(24-42(36)50-41)30-14-10-28(25-47)11-15-30/h2-24,27,44H,1H3. The third-order valence-corrected chi connectivity index (χ3v) is 10.8. The molecule has 2 unspecified atom stereocenters. The summed E-state index contributed by atoms with van der Waals surface area (Å²) in [5.74, 6) is 2.48. The predicted octanol–water partition coefficient (Wildman–Crippen LogP) is 8.87. The van der Waals surface area contributed by atoms with Crippen LogP contribution in [0.4, 0.5) is 0 Å². The number of hydrogen-bond donors (Lipinski definition) is 0. The molecule has 0 saturated carbocycles. The topological polar surface area (TPSA) is 71.0 Å². The summed E-state index contributed by atoms with van der Waals surface area (Å²) in [7, 11) is 0. The van der Waals surface area contributed by atoms with Crippen molar-refractivity contribution < 1.29 is 9.47 Å². The highest BCUT2D eigenvalue weighted by molar-refractivity contribution is 6.93. The molecule has 0 saturated heterocycles. The first kappa shape index (κ1) is 29.2. The SMILES string of the molecule is CC1C(c2ccc(C#N)cc2)=CC=C2B3c4ccc(-c5ccc(C#N)cc5)cc4Oc4ccc(-n5c6ccccc6c6ccccc65)c(c43)OC21. The van der Waals surface area contributed by atoms with E-state index in [1.54, 1.807) is 0 Å². The Morgan fingerprint density at radius 3 is 1.94 bits per heavy atom. The van der Waals surface area contributed by atoms with Gasteiger partial charge in [-0.3, -0.25) is 0 Å². The Labute approximate surface area is 295 Å². The van der Waals surface area contributed by atoms with Crippen LogP contribution in [0.15, 0.2) is 145 Å².